The van der Waals surface area contributed by atoms with Gasteiger partial charge in [-0.15, -0.1) is 0 Å². The van der Waals surface area contributed by atoms with Gasteiger partial charge in [0.15, 0.2) is 11.6 Å². The maximum Gasteiger partial charge on any atom is 0.255 e. The second kappa shape index (κ2) is 3.97. The molecule has 4 nitrogen and oxygen atoms in total. The molecule has 0 saturated carbocycles. The van der Waals surface area contributed by atoms with Gasteiger partial charge in [-0.25, -0.2) is 8.78 Å². The van der Waals surface area contributed by atoms with Crippen LogP contribution in [-0.2, 0) is 0 Å². The molecular formula is C10H8F2N2O2. The van der Waals surface area contributed by atoms with Crippen LogP contribution in [-0.4, -0.2) is 15.2 Å². The van der Waals surface area contributed by atoms with Gasteiger partial charge >= 0.3 is 0 Å². The molecule has 0 radical (unpaired) electrons. The van der Waals surface area contributed by atoms with Gasteiger partial charge in [-0.05, 0) is 25.1 Å². The zero-order chi connectivity index (χ0) is 11.7. The Hall–Kier alpha value is -1.82. The molecule has 1 heterocycles. The molecule has 84 valence electrons. The summed E-state index contributed by atoms with van der Waals surface area (Å²) < 4.78 is 30.3. The average Bonchev–Trinajstić information content (AvgIpc) is 2.71. The second-order valence-corrected chi connectivity index (χ2v) is 3.26. The fraction of sp³-hybridized carbons (Fsp3) is 0.200. The van der Waals surface area contributed by atoms with E-state index in [1.54, 1.807) is 0 Å². The lowest BCUT2D eigenvalue weighted by Crippen LogP contribution is -1.91. The molecule has 1 atom stereocenters. The van der Waals surface area contributed by atoms with E-state index in [1.165, 1.54) is 13.0 Å². The molecule has 0 bridgehead atoms. The van der Waals surface area contributed by atoms with E-state index in [-0.39, 0.29) is 17.3 Å². The van der Waals surface area contributed by atoms with Gasteiger partial charge in [0.25, 0.3) is 5.89 Å². The Kier molecular flexibility index (Phi) is 2.66. The minimum absolute atomic E-state index is 0.0275. The fourth-order valence-corrected chi connectivity index (χ4v) is 1.16. The summed E-state index contributed by atoms with van der Waals surface area (Å²) in [5, 5.41) is 12.7. The largest absolute Gasteiger partial charge is 0.384 e. The van der Waals surface area contributed by atoms with Crippen molar-refractivity contribution in [1.82, 2.24) is 10.1 Å². The highest BCUT2D eigenvalue weighted by Crippen LogP contribution is 2.20. The Balaban J connectivity index is 2.39. The van der Waals surface area contributed by atoms with E-state index < -0.39 is 17.7 Å². The molecule has 0 fully saturated rings. The van der Waals surface area contributed by atoms with Crippen LogP contribution < -0.4 is 0 Å². The fourth-order valence-electron chi connectivity index (χ4n) is 1.16. The highest BCUT2D eigenvalue weighted by atomic mass is 19.2. The molecule has 6 heteroatoms. The normalized spacial score (nSPS) is 12.8. The van der Waals surface area contributed by atoms with Gasteiger partial charge in [0.05, 0.1) is 0 Å². The number of aromatic nitrogens is 2. The Bertz CT molecular complexity index is 511. The lowest BCUT2D eigenvalue weighted by atomic mass is 10.2. The summed E-state index contributed by atoms with van der Waals surface area (Å²) in [5.41, 5.74) is 0.287. The Morgan fingerprint density at radius 2 is 2.06 bits per heavy atom. The molecule has 0 spiro atoms. The van der Waals surface area contributed by atoms with Crippen molar-refractivity contribution < 1.29 is 18.4 Å². The predicted molar refractivity (Wildman–Crippen MR) is 50.3 cm³/mol. The van der Waals surface area contributed by atoms with Crippen LogP contribution in [0.5, 0.6) is 0 Å². The van der Waals surface area contributed by atoms with Crippen LogP contribution in [0.15, 0.2) is 22.7 Å². The van der Waals surface area contributed by atoms with Gasteiger partial charge < -0.3 is 9.63 Å². The van der Waals surface area contributed by atoms with E-state index in [9.17, 15) is 8.78 Å². The molecule has 0 saturated heterocycles. The number of aliphatic hydroxyl groups is 1. The monoisotopic (exact) mass is 226 g/mol. The Labute approximate surface area is 89.5 Å². The van der Waals surface area contributed by atoms with Crippen molar-refractivity contribution in [3.8, 4) is 11.4 Å². The number of rotatable bonds is 2. The first-order valence-electron chi connectivity index (χ1n) is 4.55. The van der Waals surface area contributed by atoms with E-state index in [4.69, 9.17) is 9.63 Å². The molecule has 16 heavy (non-hydrogen) atoms. The summed E-state index contributed by atoms with van der Waals surface area (Å²) in [7, 11) is 0. The first kappa shape index (κ1) is 10.7. The lowest BCUT2D eigenvalue weighted by molar-refractivity contribution is 0.152. The van der Waals surface area contributed by atoms with E-state index in [2.05, 4.69) is 10.1 Å². The van der Waals surface area contributed by atoms with Crippen LogP contribution in [0, 0.1) is 11.6 Å². The van der Waals surface area contributed by atoms with Crippen LogP contribution in [0.3, 0.4) is 0 Å². The SMILES string of the molecule is CC(O)c1nc(-c2ccc(F)c(F)c2)no1. The summed E-state index contributed by atoms with van der Waals surface area (Å²) in [4.78, 5) is 3.83. The average molecular weight is 226 g/mol. The summed E-state index contributed by atoms with van der Waals surface area (Å²) in [6.45, 7) is 1.46. The molecule has 2 rings (SSSR count). The maximum absolute atomic E-state index is 12.9. The molecular weight excluding hydrogens is 218 g/mol. The molecule has 0 aliphatic heterocycles. The van der Waals surface area contributed by atoms with Crippen molar-refractivity contribution in [2.75, 3.05) is 0 Å². The highest BCUT2D eigenvalue weighted by molar-refractivity contribution is 5.54. The van der Waals surface area contributed by atoms with Gasteiger partial charge in [0.1, 0.15) is 6.10 Å². The van der Waals surface area contributed by atoms with Crippen LogP contribution in [0.2, 0.25) is 0 Å². The maximum atomic E-state index is 12.9. The highest BCUT2D eigenvalue weighted by Gasteiger charge is 2.13. The molecule has 1 aromatic heterocycles. The number of hydrogen-bond acceptors (Lipinski definition) is 4. The molecule has 0 amide bonds. The van der Waals surface area contributed by atoms with Gasteiger partial charge in [0.2, 0.25) is 5.82 Å². The number of hydrogen-bond donors (Lipinski definition) is 1. The Morgan fingerprint density at radius 1 is 1.31 bits per heavy atom. The molecule has 0 aliphatic carbocycles. The third kappa shape index (κ3) is 1.92. The van der Waals surface area contributed by atoms with Gasteiger partial charge in [-0.1, -0.05) is 5.16 Å². The summed E-state index contributed by atoms with van der Waals surface area (Å²) in [6, 6.07) is 3.27. The van der Waals surface area contributed by atoms with Gasteiger partial charge in [-0.2, -0.15) is 4.98 Å². The van der Waals surface area contributed by atoms with Crippen molar-refractivity contribution >= 4 is 0 Å². The molecule has 0 aliphatic rings. The minimum atomic E-state index is -0.985. The Morgan fingerprint density at radius 3 is 2.62 bits per heavy atom. The third-order valence-corrected chi connectivity index (χ3v) is 1.98. The van der Waals surface area contributed by atoms with E-state index in [1.807, 2.05) is 0 Å². The van der Waals surface area contributed by atoms with Crippen LogP contribution in [0.25, 0.3) is 11.4 Å². The van der Waals surface area contributed by atoms with Gasteiger partial charge in [0, 0.05) is 5.56 Å². The van der Waals surface area contributed by atoms with Crippen molar-refractivity contribution in [3.63, 3.8) is 0 Å². The molecule has 2 aromatic rings. The van der Waals surface area contributed by atoms with Crippen molar-refractivity contribution in [3.05, 3.63) is 35.7 Å². The third-order valence-electron chi connectivity index (χ3n) is 1.98. The van der Waals surface area contributed by atoms with Crippen molar-refractivity contribution in [1.29, 1.82) is 0 Å². The zero-order valence-corrected chi connectivity index (χ0v) is 8.32. The standard InChI is InChI=1S/C10H8F2N2O2/c1-5(15)10-13-9(14-16-10)6-2-3-7(11)8(12)4-6/h2-5,15H,1H3. The first-order valence-corrected chi connectivity index (χ1v) is 4.55. The van der Waals surface area contributed by atoms with Crippen LogP contribution >= 0.6 is 0 Å². The van der Waals surface area contributed by atoms with E-state index in [0.717, 1.165) is 12.1 Å². The van der Waals surface area contributed by atoms with Crippen molar-refractivity contribution in [2.45, 2.75) is 13.0 Å². The summed E-state index contributed by atoms with van der Waals surface area (Å²) in [5.74, 6) is -1.79. The number of halogens is 2. The summed E-state index contributed by atoms with van der Waals surface area (Å²) >= 11 is 0. The molecule has 1 unspecified atom stereocenters. The molecule has 1 N–H and O–H groups in total. The van der Waals surface area contributed by atoms with Crippen molar-refractivity contribution in [2.24, 2.45) is 0 Å². The number of nitrogens with zero attached hydrogens (tertiary/aromatic N) is 2. The minimum Gasteiger partial charge on any atom is -0.384 e. The number of benzene rings is 1. The smallest absolute Gasteiger partial charge is 0.255 e. The quantitative estimate of drug-likeness (QED) is 0.851. The van der Waals surface area contributed by atoms with Gasteiger partial charge in [-0.3, -0.25) is 0 Å². The second-order valence-electron chi connectivity index (χ2n) is 3.26. The topological polar surface area (TPSA) is 59.2 Å². The zero-order valence-electron chi connectivity index (χ0n) is 8.32. The van der Waals surface area contributed by atoms with E-state index >= 15 is 0 Å². The first-order chi connectivity index (χ1) is 7.58. The summed E-state index contributed by atoms with van der Waals surface area (Å²) in [6.07, 6.45) is -0.897. The molecule has 1 aromatic carbocycles. The van der Waals surface area contributed by atoms with Crippen LogP contribution in [0.1, 0.15) is 18.9 Å². The van der Waals surface area contributed by atoms with E-state index in [0.29, 0.717) is 0 Å². The number of aliphatic hydroxyl groups excluding tert-OH is 1. The predicted octanol–water partition coefficient (Wildman–Crippen LogP) is 2.07. The lowest BCUT2D eigenvalue weighted by Gasteiger charge is -1.95. The van der Waals surface area contributed by atoms with Crippen LogP contribution in [0.4, 0.5) is 8.78 Å².